The Morgan fingerprint density at radius 1 is 1.20 bits per heavy atom. The second-order valence-corrected chi connectivity index (χ2v) is 3.29. The third-order valence-electron chi connectivity index (χ3n) is 2.08. The van der Waals surface area contributed by atoms with Crippen LogP contribution < -0.4 is 0 Å². The average molecular weight is 218 g/mol. The zero-order chi connectivity index (χ0) is 10.7. The largest absolute Gasteiger partial charge is 0.640 e. The Hall–Kier alpha value is -0.150. The molecule has 0 amide bonds. The van der Waals surface area contributed by atoms with Crippen molar-refractivity contribution >= 4 is 14.6 Å². The summed E-state index contributed by atoms with van der Waals surface area (Å²) in [5.74, 6) is 0. The molecule has 0 aromatic carbocycles. The summed E-state index contributed by atoms with van der Waals surface area (Å²) >= 11 is 0. The molecule has 0 bridgehead atoms. The number of hydrogen-bond acceptors (Lipinski definition) is 7. The molecule has 0 aromatic rings. The van der Waals surface area contributed by atoms with Gasteiger partial charge in [-0.15, -0.1) is 0 Å². The van der Waals surface area contributed by atoms with Crippen molar-refractivity contribution in [2.45, 2.75) is 12.2 Å². The lowest BCUT2D eigenvalue weighted by Gasteiger charge is -2.24. The van der Waals surface area contributed by atoms with Crippen molar-refractivity contribution in [3.63, 3.8) is 0 Å². The van der Waals surface area contributed by atoms with E-state index < -0.39 is 14.6 Å². The molecule has 15 heavy (non-hydrogen) atoms. The van der Waals surface area contributed by atoms with Crippen molar-refractivity contribution in [1.82, 2.24) is 0 Å². The minimum atomic E-state index is -1.18. The van der Waals surface area contributed by atoms with Gasteiger partial charge in [-0.2, -0.15) is 0 Å². The van der Waals surface area contributed by atoms with E-state index in [1.54, 1.807) is 0 Å². The van der Waals surface area contributed by atoms with Gasteiger partial charge in [0.15, 0.2) is 0 Å². The van der Waals surface area contributed by atoms with Crippen molar-refractivity contribution in [3.8, 4) is 0 Å². The van der Waals surface area contributed by atoms with Gasteiger partial charge in [0.2, 0.25) is 0 Å². The molecule has 0 aliphatic carbocycles. The third-order valence-corrected chi connectivity index (χ3v) is 2.08. The van der Waals surface area contributed by atoms with Crippen LogP contribution in [0, 0.1) is 0 Å². The lowest BCUT2D eigenvalue weighted by molar-refractivity contribution is -0.0276. The molecule has 2 aliphatic rings. The molecule has 2 fully saturated rings. The highest BCUT2D eigenvalue weighted by molar-refractivity contribution is 6.37. The quantitative estimate of drug-likeness (QED) is 0.519. The van der Waals surface area contributed by atoms with Crippen molar-refractivity contribution < 1.29 is 33.4 Å². The molecule has 1 atom stereocenters. The molecule has 0 aromatic heterocycles. The minimum Gasteiger partial charge on any atom is -0.402 e. The van der Waals surface area contributed by atoms with Gasteiger partial charge in [-0.3, -0.25) is 0 Å². The Bertz CT molecular complexity index is 198. The molecule has 2 heterocycles. The fourth-order valence-corrected chi connectivity index (χ4v) is 1.30. The van der Waals surface area contributed by atoms with Crippen molar-refractivity contribution in [1.29, 1.82) is 0 Å². The van der Waals surface area contributed by atoms with E-state index in [4.69, 9.17) is 33.4 Å². The average Bonchev–Trinajstić information content (AvgIpc) is 2.69. The molecule has 2 N–H and O–H groups in total. The first-order valence-electron chi connectivity index (χ1n) is 4.72. The summed E-state index contributed by atoms with van der Waals surface area (Å²) in [7, 11) is -1.98. The summed E-state index contributed by atoms with van der Waals surface area (Å²) in [5, 5.41) is 17.7. The van der Waals surface area contributed by atoms with Gasteiger partial charge in [-0.1, -0.05) is 0 Å². The molecule has 0 spiro atoms. The van der Waals surface area contributed by atoms with Crippen molar-refractivity contribution in [2.24, 2.45) is 0 Å². The standard InChI is InChI=1S/C6H12B2O7/c9-1-5-2-13-8(14-5)15-6-3-11-7(10)12-4-6/h5-6,9-10H,1-4H2. The number of hydrogen-bond donors (Lipinski definition) is 2. The zero-order valence-electron chi connectivity index (χ0n) is 8.07. The molecule has 0 saturated carbocycles. The van der Waals surface area contributed by atoms with Crippen LogP contribution in [0.5, 0.6) is 0 Å². The molecular formula is C6H12B2O7. The summed E-state index contributed by atoms with van der Waals surface area (Å²) in [6.45, 7) is 0.636. The van der Waals surface area contributed by atoms with Gasteiger partial charge in [0.25, 0.3) is 0 Å². The van der Waals surface area contributed by atoms with E-state index in [9.17, 15) is 0 Å². The SMILES string of the molecule is OCC1COB(OC2COB(O)OC2)O1. The first-order chi connectivity index (χ1) is 7.28. The maximum atomic E-state index is 8.87. The van der Waals surface area contributed by atoms with Crippen LogP contribution in [-0.2, 0) is 23.3 Å². The second-order valence-electron chi connectivity index (χ2n) is 3.29. The summed E-state index contributed by atoms with van der Waals surface area (Å²) in [6.07, 6.45) is -0.679. The Kier molecular flexibility index (Phi) is 3.98. The monoisotopic (exact) mass is 218 g/mol. The highest BCUT2D eigenvalue weighted by Gasteiger charge is 2.38. The van der Waals surface area contributed by atoms with E-state index in [2.05, 4.69) is 0 Å². The molecular weight excluding hydrogens is 206 g/mol. The summed E-state index contributed by atoms with van der Waals surface area (Å²) in [4.78, 5) is 0. The van der Waals surface area contributed by atoms with Gasteiger partial charge in [-0.05, 0) is 0 Å². The number of aliphatic hydroxyl groups excluding tert-OH is 1. The predicted octanol–water partition coefficient (Wildman–Crippen LogP) is -2.21. The Balaban J connectivity index is 1.69. The Labute approximate surface area is 87.6 Å². The van der Waals surface area contributed by atoms with Crippen LogP contribution in [-0.4, -0.2) is 63.4 Å². The molecule has 2 aliphatic heterocycles. The van der Waals surface area contributed by atoms with E-state index in [1.807, 2.05) is 0 Å². The van der Waals surface area contributed by atoms with Gasteiger partial charge in [-0.25, -0.2) is 0 Å². The maximum absolute atomic E-state index is 8.87. The van der Waals surface area contributed by atoms with E-state index in [-0.39, 0.29) is 32.0 Å². The van der Waals surface area contributed by atoms with Crippen LogP contribution in [0.3, 0.4) is 0 Å². The summed E-state index contributed by atoms with van der Waals surface area (Å²) in [6, 6.07) is 0. The topological polar surface area (TPSA) is 86.6 Å². The zero-order valence-corrected chi connectivity index (χ0v) is 8.07. The molecule has 1 unspecified atom stereocenters. The van der Waals surface area contributed by atoms with E-state index in [1.165, 1.54) is 0 Å². The second kappa shape index (κ2) is 5.26. The van der Waals surface area contributed by atoms with Gasteiger partial charge in [0, 0.05) is 0 Å². The van der Waals surface area contributed by atoms with Crippen LogP contribution in [0.15, 0.2) is 0 Å². The van der Waals surface area contributed by atoms with Crippen LogP contribution in [0.2, 0.25) is 0 Å². The highest BCUT2D eigenvalue weighted by atomic mass is 16.8. The minimum absolute atomic E-state index is 0.101. The molecule has 2 saturated heterocycles. The maximum Gasteiger partial charge on any atom is 0.640 e. The summed E-state index contributed by atoms with van der Waals surface area (Å²) in [5.41, 5.74) is 0. The molecule has 9 heteroatoms. The lowest BCUT2D eigenvalue weighted by atomic mass is 10.1. The van der Waals surface area contributed by atoms with Crippen molar-refractivity contribution in [2.75, 3.05) is 26.4 Å². The first kappa shape index (κ1) is 11.3. The molecule has 7 nitrogen and oxygen atoms in total. The predicted molar refractivity (Wildman–Crippen MR) is 48.4 cm³/mol. The van der Waals surface area contributed by atoms with E-state index in [0.717, 1.165) is 0 Å². The number of rotatable bonds is 3. The normalized spacial score (nSPS) is 28.8. The third kappa shape index (κ3) is 3.15. The first-order valence-corrected chi connectivity index (χ1v) is 4.72. The van der Waals surface area contributed by atoms with Gasteiger partial charge in [0.1, 0.15) is 0 Å². The summed E-state index contributed by atoms with van der Waals surface area (Å²) < 4.78 is 25.2. The molecule has 0 radical (unpaired) electrons. The van der Waals surface area contributed by atoms with Crippen LogP contribution in [0.1, 0.15) is 0 Å². The van der Waals surface area contributed by atoms with Gasteiger partial charge >= 0.3 is 14.6 Å². The molecule has 2 rings (SSSR count). The lowest BCUT2D eigenvalue weighted by Crippen LogP contribution is -2.43. The van der Waals surface area contributed by atoms with E-state index >= 15 is 0 Å². The van der Waals surface area contributed by atoms with Gasteiger partial charge in [0.05, 0.1) is 38.6 Å². The van der Waals surface area contributed by atoms with E-state index in [0.29, 0.717) is 6.61 Å². The van der Waals surface area contributed by atoms with Crippen LogP contribution in [0.25, 0.3) is 0 Å². The van der Waals surface area contributed by atoms with Crippen molar-refractivity contribution in [3.05, 3.63) is 0 Å². The van der Waals surface area contributed by atoms with Gasteiger partial charge < -0.3 is 33.4 Å². The van der Waals surface area contributed by atoms with Crippen LogP contribution >= 0.6 is 0 Å². The van der Waals surface area contributed by atoms with Crippen LogP contribution in [0.4, 0.5) is 0 Å². The fraction of sp³-hybridized carbons (Fsp3) is 1.00. The Morgan fingerprint density at radius 3 is 2.53 bits per heavy atom. The fourth-order valence-electron chi connectivity index (χ4n) is 1.30. The Morgan fingerprint density at radius 2 is 1.93 bits per heavy atom. The smallest absolute Gasteiger partial charge is 0.402 e. The highest BCUT2D eigenvalue weighted by Crippen LogP contribution is 2.13. The molecule has 84 valence electrons. The number of aliphatic hydroxyl groups is 1.